The van der Waals surface area contributed by atoms with Crippen LogP contribution in [-0.4, -0.2) is 24.4 Å². The third-order valence-corrected chi connectivity index (χ3v) is 4.42. The fourth-order valence-electron chi connectivity index (χ4n) is 2.91. The summed E-state index contributed by atoms with van der Waals surface area (Å²) < 4.78 is 27.2. The summed E-state index contributed by atoms with van der Waals surface area (Å²) in [5, 5.41) is 5.47. The number of fused-ring (bicyclic) bond motifs is 1. The first kappa shape index (κ1) is 13.9. The molecule has 1 amide bonds. The van der Waals surface area contributed by atoms with Crippen molar-refractivity contribution in [1.82, 2.24) is 10.6 Å². The maximum absolute atomic E-state index is 13.1. The Morgan fingerprint density at radius 1 is 1.45 bits per heavy atom. The molecular weight excluding hydrogens is 330 g/mol. The second-order valence-electron chi connectivity index (χ2n) is 5.44. The van der Waals surface area contributed by atoms with E-state index in [-0.39, 0.29) is 11.9 Å². The molecule has 1 saturated heterocycles. The number of aryl methyl sites for hydroxylation is 1. The Balaban J connectivity index is 1.67. The number of carbonyl (C=O) groups excluding carboxylic acids is 1. The molecule has 2 aliphatic rings. The lowest BCUT2D eigenvalue weighted by Gasteiger charge is -2.17. The van der Waals surface area contributed by atoms with Crippen molar-refractivity contribution in [3.05, 3.63) is 33.8 Å². The van der Waals surface area contributed by atoms with Gasteiger partial charge < -0.3 is 5.32 Å². The molecule has 3 rings (SSSR count). The number of nitrogens with one attached hydrogen (secondary N) is 2. The third-order valence-electron chi connectivity index (χ3n) is 3.93. The summed E-state index contributed by atoms with van der Waals surface area (Å²) in [5.41, 5.74) is 2.29. The van der Waals surface area contributed by atoms with Gasteiger partial charge in [-0.05, 0) is 36.1 Å². The first-order valence-electron chi connectivity index (χ1n) is 6.64. The quantitative estimate of drug-likeness (QED) is 0.865. The highest BCUT2D eigenvalue weighted by molar-refractivity contribution is 9.10. The van der Waals surface area contributed by atoms with E-state index in [0.29, 0.717) is 0 Å². The van der Waals surface area contributed by atoms with Crippen molar-refractivity contribution in [3.8, 4) is 0 Å². The van der Waals surface area contributed by atoms with Crippen LogP contribution in [0.25, 0.3) is 0 Å². The van der Waals surface area contributed by atoms with Crippen molar-refractivity contribution < 1.29 is 13.6 Å². The molecule has 0 radical (unpaired) electrons. The van der Waals surface area contributed by atoms with E-state index in [0.717, 1.165) is 22.9 Å². The van der Waals surface area contributed by atoms with Crippen molar-refractivity contribution in [2.45, 2.75) is 37.3 Å². The van der Waals surface area contributed by atoms with Crippen molar-refractivity contribution in [2.24, 2.45) is 0 Å². The SMILES string of the molecule is O=C(NC1CCc2cc(Br)ccc21)C1CC(F)(F)CN1. The Bertz CT molecular complexity index is 550. The molecule has 0 spiro atoms. The largest absolute Gasteiger partial charge is 0.348 e. The van der Waals surface area contributed by atoms with Gasteiger partial charge >= 0.3 is 0 Å². The summed E-state index contributed by atoms with van der Waals surface area (Å²) in [4.78, 5) is 12.0. The average Bonchev–Trinajstić information content (AvgIpc) is 2.93. The lowest BCUT2D eigenvalue weighted by Crippen LogP contribution is -2.41. The van der Waals surface area contributed by atoms with E-state index in [4.69, 9.17) is 0 Å². The Labute approximate surface area is 124 Å². The molecule has 1 aliphatic carbocycles. The third kappa shape index (κ3) is 2.72. The van der Waals surface area contributed by atoms with Crippen molar-refractivity contribution >= 4 is 21.8 Å². The number of halogens is 3. The molecule has 1 aromatic rings. The highest BCUT2D eigenvalue weighted by Gasteiger charge is 2.42. The van der Waals surface area contributed by atoms with Gasteiger partial charge in [0.15, 0.2) is 0 Å². The Kier molecular flexibility index (Phi) is 3.54. The van der Waals surface area contributed by atoms with E-state index in [1.54, 1.807) is 0 Å². The monoisotopic (exact) mass is 344 g/mol. The molecule has 1 heterocycles. The van der Waals surface area contributed by atoms with Gasteiger partial charge in [0.25, 0.3) is 5.92 Å². The highest BCUT2D eigenvalue weighted by atomic mass is 79.9. The molecule has 2 N–H and O–H groups in total. The molecule has 2 unspecified atom stereocenters. The lowest BCUT2D eigenvalue weighted by atomic mass is 10.1. The number of benzene rings is 1. The minimum atomic E-state index is -2.78. The topological polar surface area (TPSA) is 41.1 Å². The predicted molar refractivity (Wildman–Crippen MR) is 74.7 cm³/mol. The average molecular weight is 345 g/mol. The van der Waals surface area contributed by atoms with Crippen LogP contribution >= 0.6 is 15.9 Å². The molecule has 0 saturated carbocycles. The van der Waals surface area contributed by atoms with Crippen molar-refractivity contribution in [2.75, 3.05) is 6.54 Å². The normalized spacial score (nSPS) is 27.4. The molecule has 2 atom stereocenters. The van der Waals surface area contributed by atoms with E-state index in [2.05, 4.69) is 26.6 Å². The van der Waals surface area contributed by atoms with Crippen LogP contribution in [0.4, 0.5) is 8.78 Å². The van der Waals surface area contributed by atoms with Gasteiger partial charge in [-0.3, -0.25) is 10.1 Å². The Morgan fingerprint density at radius 2 is 2.25 bits per heavy atom. The molecule has 20 heavy (non-hydrogen) atoms. The van der Waals surface area contributed by atoms with Crippen LogP contribution in [-0.2, 0) is 11.2 Å². The summed E-state index contributed by atoms with van der Waals surface area (Å²) in [6, 6.07) is 5.11. The van der Waals surface area contributed by atoms with E-state index in [1.165, 1.54) is 5.56 Å². The summed E-state index contributed by atoms with van der Waals surface area (Å²) in [7, 11) is 0. The van der Waals surface area contributed by atoms with Crippen molar-refractivity contribution in [3.63, 3.8) is 0 Å². The molecular formula is C14H15BrF2N2O. The van der Waals surface area contributed by atoms with Crippen LogP contribution in [0.2, 0.25) is 0 Å². The maximum atomic E-state index is 13.1. The Morgan fingerprint density at radius 3 is 2.95 bits per heavy atom. The minimum Gasteiger partial charge on any atom is -0.348 e. The zero-order valence-corrected chi connectivity index (χ0v) is 12.3. The lowest BCUT2D eigenvalue weighted by molar-refractivity contribution is -0.124. The number of hydrogen-bond donors (Lipinski definition) is 2. The minimum absolute atomic E-state index is 0.0679. The van der Waals surface area contributed by atoms with Crippen LogP contribution in [0.5, 0.6) is 0 Å². The molecule has 0 aromatic heterocycles. The second kappa shape index (κ2) is 5.07. The van der Waals surface area contributed by atoms with Gasteiger partial charge in [0, 0.05) is 10.9 Å². The summed E-state index contributed by atoms with van der Waals surface area (Å²) in [6.45, 7) is -0.417. The molecule has 3 nitrogen and oxygen atoms in total. The number of amides is 1. The molecule has 1 fully saturated rings. The summed E-state index contributed by atoms with van der Waals surface area (Å²) >= 11 is 3.42. The first-order valence-corrected chi connectivity index (χ1v) is 7.44. The smallest absolute Gasteiger partial charge is 0.262 e. The standard InChI is InChI=1S/C14H15BrF2N2O/c15-9-2-3-10-8(5-9)1-4-11(10)19-13(20)12-6-14(16,17)7-18-12/h2-3,5,11-12,18H,1,4,6-7H2,(H,19,20). The van der Waals surface area contributed by atoms with E-state index >= 15 is 0 Å². The number of hydrogen-bond acceptors (Lipinski definition) is 2. The predicted octanol–water partition coefficient (Wildman–Crippen LogP) is 2.55. The fourth-order valence-corrected chi connectivity index (χ4v) is 3.32. The van der Waals surface area contributed by atoms with Crippen LogP contribution in [0, 0.1) is 0 Å². The van der Waals surface area contributed by atoms with Gasteiger partial charge in [-0.1, -0.05) is 22.0 Å². The highest BCUT2D eigenvalue weighted by Crippen LogP contribution is 2.33. The van der Waals surface area contributed by atoms with Gasteiger partial charge in [-0.15, -0.1) is 0 Å². The van der Waals surface area contributed by atoms with E-state index < -0.39 is 24.9 Å². The van der Waals surface area contributed by atoms with Gasteiger partial charge in [0.05, 0.1) is 18.6 Å². The molecule has 6 heteroatoms. The van der Waals surface area contributed by atoms with Crippen LogP contribution in [0.3, 0.4) is 0 Å². The number of carbonyl (C=O) groups is 1. The van der Waals surface area contributed by atoms with Crippen LogP contribution in [0.1, 0.15) is 30.0 Å². The summed E-state index contributed by atoms with van der Waals surface area (Å²) in [5.74, 6) is -3.11. The zero-order valence-electron chi connectivity index (χ0n) is 10.8. The summed E-state index contributed by atoms with van der Waals surface area (Å²) in [6.07, 6.45) is 1.30. The number of alkyl halides is 2. The van der Waals surface area contributed by atoms with E-state index in [9.17, 15) is 13.6 Å². The number of rotatable bonds is 2. The van der Waals surface area contributed by atoms with Crippen LogP contribution < -0.4 is 10.6 Å². The molecule has 1 aromatic carbocycles. The zero-order chi connectivity index (χ0) is 14.3. The van der Waals surface area contributed by atoms with Gasteiger partial charge in [0.1, 0.15) is 0 Å². The van der Waals surface area contributed by atoms with Crippen LogP contribution in [0.15, 0.2) is 22.7 Å². The van der Waals surface area contributed by atoms with E-state index in [1.807, 2.05) is 18.2 Å². The molecule has 1 aliphatic heterocycles. The second-order valence-corrected chi connectivity index (χ2v) is 6.35. The van der Waals surface area contributed by atoms with Gasteiger partial charge in [0.2, 0.25) is 5.91 Å². The van der Waals surface area contributed by atoms with Crippen molar-refractivity contribution in [1.29, 1.82) is 0 Å². The van der Waals surface area contributed by atoms with Gasteiger partial charge in [-0.2, -0.15) is 0 Å². The maximum Gasteiger partial charge on any atom is 0.262 e. The molecule has 0 bridgehead atoms. The molecule has 108 valence electrons. The first-order chi connectivity index (χ1) is 9.44. The fraction of sp³-hybridized carbons (Fsp3) is 0.500. The Hall–Kier alpha value is -1.01. The van der Waals surface area contributed by atoms with Gasteiger partial charge in [-0.25, -0.2) is 8.78 Å².